The standard InChI is InChI=1S/C12H10O5/c1-3-6(13)10-7(14)4-8(15)11-9(10)5(2)12(16)17-11/h3-5,14-15H,1H2,2H3. The third-order valence-electron chi connectivity index (χ3n) is 2.70. The first-order valence-electron chi connectivity index (χ1n) is 4.94. The molecule has 0 aromatic heterocycles. The fourth-order valence-corrected chi connectivity index (χ4v) is 1.84. The second kappa shape index (κ2) is 3.62. The summed E-state index contributed by atoms with van der Waals surface area (Å²) in [6, 6.07) is 0.973. The first kappa shape index (κ1) is 11.2. The van der Waals surface area contributed by atoms with E-state index in [0.717, 1.165) is 12.1 Å². The van der Waals surface area contributed by atoms with E-state index in [1.807, 2.05) is 0 Å². The van der Waals surface area contributed by atoms with Crippen LogP contribution in [0.2, 0.25) is 0 Å². The van der Waals surface area contributed by atoms with Crippen molar-refractivity contribution < 1.29 is 24.5 Å². The molecule has 17 heavy (non-hydrogen) atoms. The summed E-state index contributed by atoms with van der Waals surface area (Å²) in [4.78, 5) is 23.0. The van der Waals surface area contributed by atoms with Crippen LogP contribution >= 0.6 is 0 Å². The van der Waals surface area contributed by atoms with Gasteiger partial charge in [0.15, 0.2) is 17.3 Å². The number of rotatable bonds is 2. The Morgan fingerprint density at radius 1 is 1.47 bits per heavy atom. The van der Waals surface area contributed by atoms with E-state index in [2.05, 4.69) is 6.58 Å². The lowest BCUT2D eigenvalue weighted by Gasteiger charge is -2.09. The summed E-state index contributed by atoms with van der Waals surface area (Å²) in [6.45, 7) is 4.86. The maximum absolute atomic E-state index is 11.6. The molecule has 2 N–H and O–H groups in total. The zero-order valence-corrected chi connectivity index (χ0v) is 9.06. The molecule has 0 bridgehead atoms. The highest BCUT2D eigenvalue weighted by atomic mass is 16.5. The molecule has 1 unspecified atom stereocenters. The molecule has 0 amide bonds. The molecule has 1 aromatic rings. The van der Waals surface area contributed by atoms with Gasteiger partial charge in [-0.05, 0) is 13.0 Å². The monoisotopic (exact) mass is 234 g/mol. The van der Waals surface area contributed by atoms with Crippen molar-refractivity contribution in [3.05, 3.63) is 29.8 Å². The summed E-state index contributed by atoms with van der Waals surface area (Å²) in [5.41, 5.74) is 0.156. The summed E-state index contributed by atoms with van der Waals surface area (Å²) < 4.78 is 4.85. The number of ketones is 1. The summed E-state index contributed by atoms with van der Waals surface area (Å²) in [5, 5.41) is 19.2. The number of allylic oxidation sites excluding steroid dienone is 1. The summed E-state index contributed by atoms with van der Waals surface area (Å²) in [6.07, 6.45) is 1.03. The highest BCUT2D eigenvalue weighted by Gasteiger charge is 2.37. The SMILES string of the molecule is C=CC(=O)c1c(O)cc(O)c2c1C(C)C(=O)O2. The third-order valence-corrected chi connectivity index (χ3v) is 2.70. The van der Waals surface area contributed by atoms with Crippen molar-refractivity contribution in [2.24, 2.45) is 0 Å². The molecule has 0 saturated heterocycles. The van der Waals surface area contributed by atoms with E-state index in [1.54, 1.807) is 0 Å². The zero-order chi connectivity index (χ0) is 12.7. The first-order valence-corrected chi connectivity index (χ1v) is 4.94. The number of phenols is 2. The number of carbonyl (C=O) groups is 2. The Hall–Kier alpha value is -2.30. The minimum Gasteiger partial charge on any atom is -0.507 e. The molecule has 1 aliphatic rings. The molecule has 1 aliphatic heterocycles. The van der Waals surface area contributed by atoms with Gasteiger partial charge in [-0.2, -0.15) is 0 Å². The van der Waals surface area contributed by atoms with Gasteiger partial charge in [-0.25, -0.2) is 0 Å². The van der Waals surface area contributed by atoms with Gasteiger partial charge in [0.1, 0.15) is 5.75 Å². The van der Waals surface area contributed by atoms with Crippen LogP contribution in [0.1, 0.15) is 28.8 Å². The van der Waals surface area contributed by atoms with Gasteiger partial charge >= 0.3 is 5.97 Å². The zero-order valence-electron chi connectivity index (χ0n) is 9.06. The van der Waals surface area contributed by atoms with Crippen LogP contribution in [0, 0.1) is 0 Å². The second-order valence-electron chi connectivity index (χ2n) is 3.74. The van der Waals surface area contributed by atoms with Crippen LogP contribution in [0.15, 0.2) is 18.7 Å². The number of fused-ring (bicyclic) bond motifs is 1. The van der Waals surface area contributed by atoms with Gasteiger partial charge in [-0.1, -0.05) is 6.58 Å². The molecule has 0 radical (unpaired) electrons. The molecule has 0 fully saturated rings. The van der Waals surface area contributed by atoms with Crippen LogP contribution in [0.5, 0.6) is 17.2 Å². The maximum Gasteiger partial charge on any atom is 0.318 e. The summed E-state index contributed by atoms with van der Waals surface area (Å²) in [5.74, 6) is -2.62. The van der Waals surface area contributed by atoms with Crippen molar-refractivity contribution in [3.63, 3.8) is 0 Å². The fourth-order valence-electron chi connectivity index (χ4n) is 1.84. The van der Waals surface area contributed by atoms with Crippen LogP contribution in [-0.4, -0.2) is 22.0 Å². The van der Waals surface area contributed by atoms with Crippen LogP contribution in [0.4, 0.5) is 0 Å². The Morgan fingerprint density at radius 3 is 2.71 bits per heavy atom. The lowest BCUT2D eigenvalue weighted by molar-refractivity contribution is -0.133. The average Bonchev–Trinajstić information content (AvgIpc) is 2.57. The highest BCUT2D eigenvalue weighted by Crippen LogP contribution is 2.47. The second-order valence-corrected chi connectivity index (χ2v) is 3.74. The van der Waals surface area contributed by atoms with Crippen LogP contribution in [-0.2, 0) is 4.79 Å². The topological polar surface area (TPSA) is 83.8 Å². The maximum atomic E-state index is 11.6. The quantitative estimate of drug-likeness (QED) is 0.350. The van der Waals surface area contributed by atoms with Gasteiger partial charge in [0.05, 0.1) is 11.5 Å². The van der Waals surface area contributed by atoms with Crippen molar-refractivity contribution in [2.75, 3.05) is 0 Å². The van der Waals surface area contributed by atoms with Gasteiger partial charge in [0.25, 0.3) is 0 Å². The van der Waals surface area contributed by atoms with Gasteiger partial charge in [-0.3, -0.25) is 9.59 Å². The molecule has 5 heteroatoms. The molecule has 0 saturated carbocycles. The number of benzene rings is 1. The minimum atomic E-state index is -0.707. The number of phenolic OH excluding ortho intramolecular Hbond substituents is 2. The molecule has 5 nitrogen and oxygen atoms in total. The molecule has 1 heterocycles. The van der Waals surface area contributed by atoms with Crippen LogP contribution in [0.3, 0.4) is 0 Å². The molecule has 1 atom stereocenters. The van der Waals surface area contributed by atoms with E-state index >= 15 is 0 Å². The number of ether oxygens (including phenoxy) is 1. The fraction of sp³-hybridized carbons (Fsp3) is 0.167. The van der Waals surface area contributed by atoms with E-state index in [-0.39, 0.29) is 22.6 Å². The van der Waals surface area contributed by atoms with Crippen molar-refractivity contribution in [1.29, 1.82) is 0 Å². The predicted molar refractivity (Wildman–Crippen MR) is 58.3 cm³/mol. The van der Waals surface area contributed by atoms with E-state index in [1.165, 1.54) is 6.92 Å². The van der Waals surface area contributed by atoms with Crippen molar-refractivity contribution >= 4 is 11.8 Å². The lowest BCUT2D eigenvalue weighted by atomic mass is 9.93. The molecular formula is C12H10O5. The van der Waals surface area contributed by atoms with Gasteiger partial charge in [-0.15, -0.1) is 0 Å². The Labute approximate surface area is 97.0 Å². The van der Waals surface area contributed by atoms with Gasteiger partial charge < -0.3 is 14.9 Å². The number of esters is 1. The van der Waals surface area contributed by atoms with E-state index in [9.17, 15) is 19.8 Å². The Morgan fingerprint density at radius 2 is 2.12 bits per heavy atom. The number of hydrogen-bond acceptors (Lipinski definition) is 5. The number of carbonyl (C=O) groups excluding carboxylic acids is 2. The Bertz CT molecular complexity index is 544. The number of aromatic hydroxyl groups is 2. The lowest BCUT2D eigenvalue weighted by Crippen LogP contribution is -2.08. The van der Waals surface area contributed by atoms with Crippen molar-refractivity contribution in [2.45, 2.75) is 12.8 Å². The van der Waals surface area contributed by atoms with Gasteiger partial charge in [0, 0.05) is 11.6 Å². The van der Waals surface area contributed by atoms with Gasteiger partial charge in [0.2, 0.25) is 0 Å². The Kier molecular flexibility index (Phi) is 2.38. The Balaban J connectivity index is 2.78. The number of hydrogen-bond donors (Lipinski definition) is 2. The third kappa shape index (κ3) is 1.47. The van der Waals surface area contributed by atoms with Crippen LogP contribution < -0.4 is 4.74 Å². The van der Waals surface area contributed by atoms with Crippen molar-refractivity contribution in [1.82, 2.24) is 0 Å². The molecule has 0 aliphatic carbocycles. The molecule has 0 spiro atoms. The summed E-state index contributed by atoms with van der Waals surface area (Å²) >= 11 is 0. The van der Waals surface area contributed by atoms with Crippen molar-refractivity contribution in [3.8, 4) is 17.2 Å². The van der Waals surface area contributed by atoms with E-state index in [4.69, 9.17) is 4.74 Å². The molecule has 2 rings (SSSR count). The molecule has 88 valence electrons. The smallest absolute Gasteiger partial charge is 0.318 e. The normalized spacial score (nSPS) is 17.5. The summed E-state index contributed by atoms with van der Waals surface area (Å²) in [7, 11) is 0. The largest absolute Gasteiger partial charge is 0.507 e. The van der Waals surface area contributed by atoms with E-state index < -0.39 is 23.4 Å². The minimum absolute atomic E-state index is 0.0499. The first-order chi connectivity index (χ1) is 7.97. The molecule has 1 aromatic carbocycles. The predicted octanol–water partition coefficient (Wildman–Crippen LogP) is 1.49. The average molecular weight is 234 g/mol. The molecular weight excluding hydrogens is 224 g/mol. The van der Waals surface area contributed by atoms with Crippen LogP contribution in [0.25, 0.3) is 0 Å². The van der Waals surface area contributed by atoms with E-state index in [0.29, 0.717) is 0 Å². The highest BCUT2D eigenvalue weighted by molar-refractivity contribution is 6.10.